The van der Waals surface area contributed by atoms with Gasteiger partial charge in [0, 0.05) is 30.1 Å². The number of hydrogen-bond donors (Lipinski definition) is 2. The Bertz CT molecular complexity index is 1060. The highest BCUT2D eigenvalue weighted by Gasteiger charge is 2.18. The van der Waals surface area contributed by atoms with Crippen LogP contribution in [-0.4, -0.2) is 46.2 Å². The van der Waals surface area contributed by atoms with Gasteiger partial charge in [0.2, 0.25) is 5.91 Å². The Balaban J connectivity index is 1.64. The molecule has 158 valence electrons. The van der Waals surface area contributed by atoms with E-state index in [4.69, 9.17) is 23.8 Å². The number of likely N-dealkylation sites (N-methyl/N-ethyl adjacent to an activating group) is 1. The number of hydrogen-bond acceptors (Lipinski definition) is 4. The van der Waals surface area contributed by atoms with Gasteiger partial charge in [-0.2, -0.15) is 5.10 Å². The maximum atomic E-state index is 12.5. The number of H-pyrrole nitrogens is 1. The number of benzene rings is 2. The SMILES string of the molecule is Cc1ccc(-c2n[nH]c(=S)n2CCC(=O)NC[C@H](c2ccccc2Cl)N(C)C)cc1. The van der Waals surface area contributed by atoms with Crippen molar-refractivity contribution >= 4 is 29.7 Å². The number of halogens is 1. The molecule has 6 nitrogen and oxygen atoms in total. The van der Waals surface area contributed by atoms with Crippen LogP contribution in [0.2, 0.25) is 5.02 Å². The number of rotatable bonds is 8. The summed E-state index contributed by atoms with van der Waals surface area (Å²) in [4.78, 5) is 14.6. The maximum Gasteiger partial charge on any atom is 0.221 e. The second kappa shape index (κ2) is 10.0. The summed E-state index contributed by atoms with van der Waals surface area (Å²) in [7, 11) is 3.94. The van der Waals surface area contributed by atoms with E-state index in [9.17, 15) is 4.79 Å². The summed E-state index contributed by atoms with van der Waals surface area (Å²) in [6, 6.07) is 15.7. The van der Waals surface area contributed by atoms with Crippen LogP contribution in [0.3, 0.4) is 0 Å². The molecule has 1 amide bonds. The third-order valence-electron chi connectivity index (χ3n) is 5.01. The largest absolute Gasteiger partial charge is 0.354 e. The Morgan fingerprint density at radius 1 is 1.23 bits per heavy atom. The molecular weight excluding hydrogens is 418 g/mol. The summed E-state index contributed by atoms with van der Waals surface area (Å²) in [6.45, 7) is 2.95. The number of carbonyl (C=O) groups excluding carboxylic acids is 1. The molecule has 0 spiro atoms. The standard InChI is InChI=1S/C22H26ClN5OS/c1-15-8-10-16(11-9-15)21-25-26-22(30)28(21)13-12-20(29)24-14-19(27(2)3)17-6-4-5-7-18(17)23/h4-11,19H,12-14H2,1-3H3,(H,24,29)(H,26,30)/t19-/m1/s1. The van der Waals surface area contributed by atoms with E-state index in [2.05, 4.69) is 15.5 Å². The third kappa shape index (κ3) is 5.36. The first-order valence-corrected chi connectivity index (χ1v) is 10.5. The Morgan fingerprint density at radius 2 is 1.93 bits per heavy atom. The Morgan fingerprint density at radius 3 is 2.60 bits per heavy atom. The van der Waals surface area contributed by atoms with E-state index >= 15 is 0 Å². The molecule has 1 atom stereocenters. The van der Waals surface area contributed by atoms with Gasteiger partial charge in [-0.3, -0.25) is 14.5 Å². The summed E-state index contributed by atoms with van der Waals surface area (Å²) in [5, 5.41) is 10.9. The molecular formula is C22H26ClN5OS. The van der Waals surface area contributed by atoms with Crippen molar-refractivity contribution in [1.29, 1.82) is 0 Å². The normalized spacial score (nSPS) is 12.2. The first kappa shape index (κ1) is 22.2. The monoisotopic (exact) mass is 443 g/mol. The highest BCUT2D eigenvalue weighted by molar-refractivity contribution is 7.71. The fraction of sp³-hybridized carbons (Fsp3) is 0.318. The van der Waals surface area contributed by atoms with Crippen molar-refractivity contribution in [2.24, 2.45) is 0 Å². The van der Waals surface area contributed by atoms with E-state index in [0.29, 0.717) is 29.3 Å². The van der Waals surface area contributed by atoms with Gasteiger partial charge < -0.3 is 10.2 Å². The van der Waals surface area contributed by atoms with Crippen molar-refractivity contribution in [3.8, 4) is 11.4 Å². The van der Waals surface area contributed by atoms with Gasteiger partial charge >= 0.3 is 0 Å². The number of nitrogens with zero attached hydrogens (tertiary/aromatic N) is 3. The van der Waals surface area contributed by atoms with E-state index in [1.807, 2.05) is 79.0 Å². The highest BCUT2D eigenvalue weighted by Crippen LogP contribution is 2.25. The van der Waals surface area contributed by atoms with E-state index in [0.717, 1.165) is 17.0 Å². The molecule has 0 aliphatic rings. The van der Waals surface area contributed by atoms with Crippen LogP contribution in [0.4, 0.5) is 0 Å². The Labute approximate surface area is 186 Å². The van der Waals surface area contributed by atoms with Crippen molar-refractivity contribution in [3.63, 3.8) is 0 Å². The molecule has 3 rings (SSSR count). The lowest BCUT2D eigenvalue weighted by molar-refractivity contribution is -0.121. The minimum absolute atomic E-state index is 0.0122. The number of nitrogens with one attached hydrogen (secondary N) is 2. The second-order valence-electron chi connectivity index (χ2n) is 7.43. The quantitative estimate of drug-likeness (QED) is 0.507. The van der Waals surface area contributed by atoms with Crippen LogP contribution in [0.5, 0.6) is 0 Å². The van der Waals surface area contributed by atoms with Crippen LogP contribution in [0.1, 0.15) is 23.6 Å². The van der Waals surface area contributed by atoms with Crippen LogP contribution in [0.25, 0.3) is 11.4 Å². The van der Waals surface area contributed by atoms with E-state index in [1.165, 1.54) is 5.56 Å². The van der Waals surface area contributed by atoms with Crippen molar-refractivity contribution in [2.75, 3.05) is 20.6 Å². The molecule has 30 heavy (non-hydrogen) atoms. The van der Waals surface area contributed by atoms with E-state index in [-0.39, 0.29) is 11.9 Å². The summed E-state index contributed by atoms with van der Waals surface area (Å²) in [5.41, 5.74) is 3.12. The van der Waals surface area contributed by atoms with Gasteiger partial charge in [-0.1, -0.05) is 59.6 Å². The molecule has 0 fully saturated rings. The zero-order valence-corrected chi connectivity index (χ0v) is 18.9. The average Bonchev–Trinajstić information content (AvgIpc) is 3.08. The molecule has 1 aromatic heterocycles. The van der Waals surface area contributed by atoms with Crippen LogP contribution in [0.15, 0.2) is 48.5 Å². The third-order valence-corrected chi connectivity index (χ3v) is 5.67. The summed E-state index contributed by atoms with van der Waals surface area (Å²) in [6.07, 6.45) is 0.301. The zero-order chi connectivity index (χ0) is 21.7. The van der Waals surface area contributed by atoms with Crippen LogP contribution in [0, 0.1) is 11.7 Å². The Kier molecular flexibility index (Phi) is 7.42. The zero-order valence-electron chi connectivity index (χ0n) is 17.4. The number of aromatic amines is 1. The molecule has 0 saturated heterocycles. The number of aromatic nitrogens is 3. The average molecular weight is 444 g/mol. The molecule has 0 radical (unpaired) electrons. The molecule has 1 heterocycles. The molecule has 0 aliphatic carbocycles. The van der Waals surface area contributed by atoms with Crippen LogP contribution >= 0.6 is 23.8 Å². The van der Waals surface area contributed by atoms with E-state index in [1.54, 1.807) is 0 Å². The van der Waals surface area contributed by atoms with Gasteiger partial charge in [-0.25, -0.2) is 0 Å². The minimum Gasteiger partial charge on any atom is -0.354 e. The van der Waals surface area contributed by atoms with Crippen molar-refractivity contribution in [1.82, 2.24) is 25.0 Å². The first-order valence-electron chi connectivity index (χ1n) is 9.76. The van der Waals surface area contributed by atoms with Crippen molar-refractivity contribution in [2.45, 2.75) is 25.9 Å². The van der Waals surface area contributed by atoms with Gasteiger partial charge in [-0.05, 0) is 44.9 Å². The van der Waals surface area contributed by atoms with Crippen molar-refractivity contribution < 1.29 is 4.79 Å². The molecule has 2 aromatic carbocycles. The summed E-state index contributed by atoms with van der Waals surface area (Å²) < 4.78 is 2.36. The van der Waals surface area contributed by atoms with E-state index < -0.39 is 0 Å². The van der Waals surface area contributed by atoms with Crippen LogP contribution < -0.4 is 5.32 Å². The fourth-order valence-corrected chi connectivity index (χ4v) is 3.76. The minimum atomic E-state index is -0.0492. The number of aryl methyl sites for hydroxylation is 1. The molecule has 0 saturated carbocycles. The Hall–Kier alpha value is -2.48. The molecule has 3 aromatic rings. The fourth-order valence-electron chi connectivity index (χ4n) is 3.28. The van der Waals surface area contributed by atoms with Gasteiger partial charge in [0.05, 0.1) is 6.04 Å². The summed E-state index contributed by atoms with van der Waals surface area (Å²) in [5.74, 6) is 0.682. The lowest BCUT2D eigenvalue weighted by atomic mass is 10.1. The first-order chi connectivity index (χ1) is 14.4. The lowest BCUT2D eigenvalue weighted by Gasteiger charge is -2.26. The lowest BCUT2D eigenvalue weighted by Crippen LogP contribution is -2.35. The van der Waals surface area contributed by atoms with Gasteiger partial charge in [0.1, 0.15) is 0 Å². The van der Waals surface area contributed by atoms with Gasteiger partial charge in [0.15, 0.2) is 10.6 Å². The molecule has 0 bridgehead atoms. The number of amides is 1. The maximum absolute atomic E-state index is 12.5. The second-order valence-corrected chi connectivity index (χ2v) is 8.22. The molecule has 2 N–H and O–H groups in total. The highest BCUT2D eigenvalue weighted by atomic mass is 35.5. The predicted octanol–water partition coefficient (Wildman–Crippen LogP) is 4.38. The van der Waals surface area contributed by atoms with Crippen LogP contribution in [-0.2, 0) is 11.3 Å². The topological polar surface area (TPSA) is 66.0 Å². The number of carbonyl (C=O) groups is 1. The molecule has 0 aliphatic heterocycles. The smallest absolute Gasteiger partial charge is 0.221 e. The molecule has 0 unspecified atom stereocenters. The van der Waals surface area contributed by atoms with Crippen molar-refractivity contribution in [3.05, 3.63) is 69.5 Å². The predicted molar refractivity (Wildman–Crippen MR) is 123 cm³/mol. The van der Waals surface area contributed by atoms with Gasteiger partial charge in [0.25, 0.3) is 0 Å². The molecule has 8 heteroatoms. The van der Waals surface area contributed by atoms with Gasteiger partial charge in [-0.15, -0.1) is 0 Å². The summed E-state index contributed by atoms with van der Waals surface area (Å²) >= 11 is 11.7.